The topological polar surface area (TPSA) is 112 Å². The lowest BCUT2D eigenvalue weighted by molar-refractivity contribution is 0.0259. The smallest absolute Gasteiger partial charge is 0.269 e. The van der Waals surface area contributed by atoms with Gasteiger partial charge in [0.1, 0.15) is 11.3 Å². The van der Waals surface area contributed by atoms with Gasteiger partial charge < -0.3 is 29.1 Å². The number of anilines is 2. The molecule has 4 aromatic heterocycles. The van der Waals surface area contributed by atoms with Crippen LogP contribution in [-0.2, 0) is 11.8 Å². The molecule has 0 aromatic carbocycles. The summed E-state index contributed by atoms with van der Waals surface area (Å²) in [4.78, 5) is 35.7. The summed E-state index contributed by atoms with van der Waals surface area (Å²) in [5.74, 6) is 1.68. The van der Waals surface area contributed by atoms with Gasteiger partial charge in [0.15, 0.2) is 17.6 Å². The van der Waals surface area contributed by atoms with Gasteiger partial charge >= 0.3 is 0 Å². The van der Waals surface area contributed by atoms with E-state index in [4.69, 9.17) is 16.0 Å². The van der Waals surface area contributed by atoms with Crippen molar-refractivity contribution in [3.63, 3.8) is 0 Å². The number of nitrogens with zero attached hydrogens (tertiary/aromatic N) is 7. The van der Waals surface area contributed by atoms with Crippen molar-refractivity contribution in [1.82, 2.24) is 29.4 Å². The lowest BCUT2D eigenvalue weighted by Crippen LogP contribution is -2.41. The first-order chi connectivity index (χ1) is 17.5. The van der Waals surface area contributed by atoms with Crippen molar-refractivity contribution in [2.45, 2.75) is 25.5 Å². The zero-order valence-corrected chi connectivity index (χ0v) is 19.7. The molecule has 2 aliphatic heterocycles. The Labute approximate surface area is 206 Å². The molecule has 0 spiro atoms. The Morgan fingerprint density at radius 2 is 2.14 bits per heavy atom. The van der Waals surface area contributed by atoms with Gasteiger partial charge in [-0.3, -0.25) is 4.79 Å². The molecule has 11 heteroatoms. The van der Waals surface area contributed by atoms with Crippen molar-refractivity contribution >= 4 is 34.4 Å². The molecule has 2 saturated heterocycles. The van der Waals surface area contributed by atoms with E-state index in [-0.39, 0.29) is 18.1 Å². The number of aryl methyl sites for hydroxylation is 2. The molecule has 2 fully saturated rings. The number of aromatic nitrogens is 5. The Kier molecular flexibility index (Phi) is 5.23. The second-order valence-corrected chi connectivity index (χ2v) is 8.92. The fourth-order valence-corrected chi connectivity index (χ4v) is 4.58. The third kappa shape index (κ3) is 3.87. The largest absolute Gasteiger partial charge is 0.435 e. The Hall–Kier alpha value is -4.56. The van der Waals surface area contributed by atoms with Crippen molar-refractivity contribution in [2.75, 3.05) is 18.5 Å². The third-order valence-corrected chi connectivity index (χ3v) is 6.46. The molecular formula is C25H22N8O3. The molecule has 36 heavy (non-hydrogen) atoms. The van der Waals surface area contributed by atoms with Crippen molar-refractivity contribution in [3.05, 3.63) is 65.5 Å². The van der Waals surface area contributed by atoms with E-state index >= 15 is 0 Å². The lowest BCUT2D eigenvalue weighted by atomic mass is 10.2. The zero-order valence-electron chi connectivity index (χ0n) is 19.7. The summed E-state index contributed by atoms with van der Waals surface area (Å²) in [6.07, 6.45) is 5.83. The number of imidazole rings is 1. The standard InChI is InChI=1S/C25H22N8O3/c1-14-6-21(26-2)28-10-19(14)36-22-8-18(23-24(31-22)32(3)13-29-23)30-20-5-4-15(9-27-20)25(34)33-11-17-7-16(33)12-35-17/h4-6,8-10,13,16-17H,7,11-12H2,1,3H3,(H,27,30,31). The van der Waals surface area contributed by atoms with E-state index in [2.05, 4.69) is 30.1 Å². The molecule has 0 saturated carbocycles. The molecule has 6 heterocycles. The van der Waals surface area contributed by atoms with Crippen LogP contribution in [0.2, 0.25) is 0 Å². The highest BCUT2D eigenvalue weighted by atomic mass is 16.5. The monoisotopic (exact) mass is 482 g/mol. The molecule has 0 aliphatic carbocycles. The number of ether oxygens (including phenoxy) is 2. The number of rotatable bonds is 5. The summed E-state index contributed by atoms with van der Waals surface area (Å²) < 4.78 is 13.4. The van der Waals surface area contributed by atoms with E-state index < -0.39 is 0 Å². The van der Waals surface area contributed by atoms with Crippen molar-refractivity contribution in [3.8, 4) is 11.6 Å². The van der Waals surface area contributed by atoms with Crippen LogP contribution in [0, 0.1) is 13.5 Å². The van der Waals surface area contributed by atoms with E-state index in [1.807, 2.05) is 18.9 Å². The van der Waals surface area contributed by atoms with Gasteiger partial charge in [-0.15, -0.1) is 4.98 Å². The fourth-order valence-electron chi connectivity index (χ4n) is 4.58. The van der Waals surface area contributed by atoms with Gasteiger partial charge in [0, 0.05) is 25.9 Å². The van der Waals surface area contributed by atoms with Crippen LogP contribution in [0.5, 0.6) is 11.6 Å². The molecule has 6 rings (SSSR count). The number of pyridine rings is 3. The summed E-state index contributed by atoms with van der Waals surface area (Å²) in [6, 6.07) is 7.10. The second-order valence-electron chi connectivity index (χ2n) is 8.92. The molecular weight excluding hydrogens is 460 g/mol. The first-order valence-corrected chi connectivity index (χ1v) is 11.5. The molecule has 1 amide bonds. The average molecular weight is 483 g/mol. The van der Waals surface area contributed by atoms with E-state index in [1.165, 1.54) is 6.20 Å². The number of likely N-dealkylation sites (tertiary alicyclic amines) is 1. The van der Waals surface area contributed by atoms with Crippen LogP contribution in [0.3, 0.4) is 0 Å². The van der Waals surface area contributed by atoms with Crippen LogP contribution >= 0.6 is 0 Å². The van der Waals surface area contributed by atoms with Gasteiger partial charge in [0.25, 0.3) is 11.7 Å². The Balaban J connectivity index is 1.26. The molecule has 2 aliphatic rings. The van der Waals surface area contributed by atoms with Crippen LogP contribution in [-0.4, -0.2) is 60.6 Å². The van der Waals surface area contributed by atoms with Gasteiger partial charge in [0.2, 0.25) is 5.88 Å². The van der Waals surface area contributed by atoms with Crippen LogP contribution in [0.1, 0.15) is 22.3 Å². The molecule has 0 radical (unpaired) electrons. The normalized spacial score (nSPS) is 18.4. The number of hydrogen-bond donors (Lipinski definition) is 1. The summed E-state index contributed by atoms with van der Waals surface area (Å²) in [5.41, 5.74) is 3.24. The van der Waals surface area contributed by atoms with Crippen LogP contribution < -0.4 is 10.1 Å². The van der Waals surface area contributed by atoms with Crippen LogP contribution in [0.4, 0.5) is 17.3 Å². The number of nitrogens with one attached hydrogen (secondary N) is 1. The SMILES string of the molecule is [C-]#[N+]c1cc(C)c(Oc2cc(Nc3ccc(C(=O)N4CC5CC4CO5)cn3)c3ncn(C)c3n2)cn1. The Morgan fingerprint density at radius 3 is 2.83 bits per heavy atom. The van der Waals surface area contributed by atoms with Crippen molar-refractivity contribution in [2.24, 2.45) is 7.05 Å². The molecule has 11 nitrogen and oxygen atoms in total. The zero-order chi connectivity index (χ0) is 24.8. The number of hydrogen-bond acceptors (Lipinski definition) is 8. The maximum absolute atomic E-state index is 12.9. The van der Waals surface area contributed by atoms with E-state index in [0.717, 1.165) is 12.0 Å². The van der Waals surface area contributed by atoms with Crippen LogP contribution in [0.15, 0.2) is 43.0 Å². The highest BCUT2D eigenvalue weighted by molar-refractivity contribution is 5.95. The number of fused-ring (bicyclic) bond motifs is 3. The molecule has 4 aromatic rings. The molecule has 2 atom stereocenters. The van der Waals surface area contributed by atoms with E-state index in [0.29, 0.717) is 58.8 Å². The van der Waals surface area contributed by atoms with Crippen molar-refractivity contribution in [1.29, 1.82) is 0 Å². The number of carbonyl (C=O) groups excluding carboxylic acids is 1. The van der Waals surface area contributed by atoms with Gasteiger partial charge in [-0.05, 0) is 37.1 Å². The molecule has 1 N–H and O–H groups in total. The van der Waals surface area contributed by atoms with Gasteiger partial charge in [-0.1, -0.05) is 6.57 Å². The highest BCUT2D eigenvalue weighted by Gasteiger charge is 2.41. The Morgan fingerprint density at radius 1 is 1.25 bits per heavy atom. The minimum atomic E-state index is -0.0234. The summed E-state index contributed by atoms with van der Waals surface area (Å²) in [5, 5.41) is 3.27. The lowest BCUT2D eigenvalue weighted by Gasteiger charge is -2.26. The number of morpholine rings is 1. The summed E-state index contributed by atoms with van der Waals surface area (Å²) in [6.45, 7) is 10.2. The fraction of sp³-hybridized carbons (Fsp3) is 0.280. The number of carbonyl (C=O) groups is 1. The molecule has 2 unspecified atom stereocenters. The predicted molar refractivity (Wildman–Crippen MR) is 131 cm³/mol. The summed E-state index contributed by atoms with van der Waals surface area (Å²) >= 11 is 0. The van der Waals surface area contributed by atoms with Gasteiger partial charge in [-0.25, -0.2) is 9.97 Å². The maximum atomic E-state index is 12.9. The minimum absolute atomic E-state index is 0.0234. The van der Waals surface area contributed by atoms with E-state index in [1.54, 1.807) is 41.4 Å². The second kappa shape index (κ2) is 8.58. The first kappa shape index (κ1) is 21.9. The highest BCUT2D eigenvalue weighted by Crippen LogP contribution is 2.32. The van der Waals surface area contributed by atoms with Crippen molar-refractivity contribution < 1.29 is 14.3 Å². The maximum Gasteiger partial charge on any atom is 0.269 e. The quantitative estimate of drug-likeness (QED) is 0.428. The van der Waals surface area contributed by atoms with Gasteiger partial charge in [-0.2, -0.15) is 4.98 Å². The first-order valence-electron chi connectivity index (χ1n) is 11.5. The summed E-state index contributed by atoms with van der Waals surface area (Å²) in [7, 11) is 1.85. The third-order valence-electron chi connectivity index (χ3n) is 6.46. The molecule has 180 valence electrons. The average Bonchev–Trinajstić information content (AvgIpc) is 3.62. The van der Waals surface area contributed by atoms with Crippen LogP contribution in [0.25, 0.3) is 16.0 Å². The van der Waals surface area contributed by atoms with Gasteiger partial charge in [0.05, 0.1) is 36.3 Å². The van der Waals surface area contributed by atoms with E-state index in [9.17, 15) is 4.79 Å². The predicted octanol–water partition coefficient (Wildman–Crippen LogP) is 3.77. The minimum Gasteiger partial charge on any atom is -0.435 e. The molecule has 2 bridgehead atoms. The number of amides is 1. The Bertz CT molecular complexity index is 1530.